The monoisotopic (exact) mass is 287 g/mol. The topological polar surface area (TPSA) is 29.9 Å². The van der Waals surface area contributed by atoms with Gasteiger partial charge in [-0.05, 0) is 82.2 Å². The van der Waals surface area contributed by atoms with Crippen molar-refractivity contribution in [3.63, 3.8) is 0 Å². The Morgan fingerprint density at radius 3 is 2.67 bits per heavy atom. The number of hydrogen-bond donors (Lipinski definition) is 1. The van der Waals surface area contributed by atoms with Gasteiger partial charge in [0.15, 0.2) is 0 Å². The minimum atomic E-state index is 0.815. The van der Waals surface area contributed by atoms with Crippen LogP contribution in [-0.2, 0) is 13.0 Å². The zero-order valence-electron chi connectivity index (χ0n) is 13.6. The van der Waals surface area contributed by atoms with Crippen molar-refractivity contribution in [1.29, 1.82) is 0 Å². The van der Waals surface area contributed by atoms with Crippen molar-refractivity contribution >= 4 is 0 Å². The van der Waals surface area contributed by atoms with E-state index in [2.05, 4.69) is 23.8 Å². The van der Waals surface area contributed by atoms with Crippen LogP contribution >= 0.6 is 0 Å². The molecule has 3 aliphatic carbocycles. The first-order valence-corrected chi connectivity index (χ1v) is 8.97. The molecule has 21 heavy (non-hydrogen) atoms. The van der Waals surface area contributed by atoms with Gasteiger partial charge < -0.3 is 5.32 Å². The van der Waals surface area contributed by atoms with E-state index in [9.17, 15) is 0 Å². The highest BCUT2D eigenvalue weighted by Gasteiger charge is 2.39. The quantitative estimate of drug-likeness (QED) is 0.870. The second-order valence-corrected chi connectivity index (χ2v) is 7.74. The van der Waals surface area contributed by atoms with Crippen LogP contribution in [-0.4, -0.2) is 22.4 Å². The summed E-state index contributed by atoms with van der Waals surface area (Å²) < 4.78 is 2.33. The fraction of sp³-hybridized carbons (Fsp3) is 0.833. The lowest BCUT2D eigenvalue weighted by molar-refractivity contribution is 0.283. The predicted molar refractivity (Wildman–Crippen MR) is 85.4 cm³/mol. The fourth-order valence-electron chi connectivity index (χ4n) is 4.78. The molecule has 0 aliphatic heterocycles. The van der Waals surface area contributed by atoms with Crippen molar-refractivity contribution in [2.75, 3.05) is 6.54 Å². The molecular formula is C18H29N3. The number of rotatable bonds is 6. The molecule has 1 aromatic rings. The standard InChI is InChI=1S/C18H29N3/c1-12-18(7-8-19-17-5-6-17)13(2)21(20-12)11-16-10-14-3-4-15(16)9-14/h14-17,19H,3-11H2,1-2H3. The van der Waals surface area contributed by atoms with E-state index < -0.39 is 0 Å². The number of fused-ring (bicyclic) bond motifs is 2. The number of aryl methyl sites for hydroxylation is 1. The van der Waals surface area contributed by atoms with Crippen molar-refractivity contribution in [2.45, 2.75) is 71.4 Å². The van der Waals surface area contributed by atoms with Gasteiger partial charge in [-0.15, -0.1) is 0 Å². The zero-order valence-corrected chi connectivity index (χ0v) is 13.6. The molecule has 3 aliphatic rings. The number of hydrogen-bond acceptors (Lipinski definition) is 2. The molecule has 4 rings (SSSR count). The van der Waals surface area contributed by atoms with Crippen molar-refractivity contribution in [1.82, 2.24) is 15.1 Å². The van der Waals surface area contributed by atoms with Crippen LogP contribution in [0.25, 0.3) is 0 Å². The van der Waals surface area contributed by atoms with E-state index in [0.29, 0.717) is 0 Å². The van der Waals surface area contributed by atoms with E-state index in [1.54, 1.807) is 0 Å². The van der Waals surface area contributed by atoms with Crippen LogP contribution in [0.4, 0.5) is 0 Å². The van der Waals surface area contributed by atoms with Gasteiger partial charge in [0.2, 0.25) is 0 Å². The minimum absolute atomic E-state index is 0.815. The molecule has 3 saturated carbocycles. The number of aromatic nitrogens is 2. The maximum absolute atomic E-state index is 4.86. The van der Waals surface area contributed by atoms with E-state index in [1.165, 1.54) is 62.0 Å². The molecule has 116 valence electrons. The highest BCUT2D eigenvalue weighted by molar-refractivity contribution is 5.25. The van der Waals surface area contributed by atoms with Crippen molar-refractivity contribution < 1.29 is 0 Å². The SMILES string of the molecule is Cc1nn(CC2CC3CCC2C3)c(C)c1CCNC1CC1. The molecule has 3 heteroatoms. The Bertz CT molecular complexity index is 515. The van der Waals surface area contributed by atoms with Crippen LogP contribution in [0.1, 0.15) is 55.5 Å². The Hall–Kier alpha value is -0.830. The Labute approximate surface area is 128 Å². The lowest BCUT2D eigenvalue weighted by Gasteiger charge is -2.22. The smallest absolute Gasteiger partial charge is 0.0628 e. The molecule has 0 amide bonds. The molecule has 3 fully saturated rings. The van der Waals surface area contributed by atoms with Gasteiger partial charge in [0.25, 0.3) is 0 Å². The maximum atomic E-state index is 4.86. The molecule has 0 aromatic carbocycles. The molecule has 3 atom stereocenters. The molecule has 2 bridgehead atoms. The number of nitrogens with one attached hydrogen (secondary N) is 1. The van der Waals surface area contributed by atoms with E-state index in [1.807, 2.05) is 0 Å². The normalized spacial score (nSPS) is 31.2. The first kappa shape index (κ1) is 13.8. The molecule has 0 radical (unpaired) electrons. The highest BCUT2D eigenvalue weighted by Crippen LogP contribution is 2.48. The minimum Gasteiger partial charge on any atom is -0.314 e. The summed E-state index contributed by atoms with van der Waals surface area (Å²) in [5.74, 6) is 2.94. The summed E-state index contributed by atoms with van der Waals surface area (Å²) in [6, 6.07) is 0.815. The summed E-state index contributed by atoms with van der Waals surface area (Å²) >= 11 is 0. The van der Waals surface area contributed by atoms with Crippen LogP contribution in [0.3, 0.4) is 0 Å². The second-order valence-electron chi connectivity index (χ2n) is 7.74. The van der Waals surface area contributed by atoms with Crippen molar-refractivity contribution in [3.05, 3.63) is 17.0 Å². The first-order valence-electron chi connectivity index (χ1n) is 8.97. The van der Waals surface area contributed by atoms with Crippen molar-refractivity contribution in [2.24, 2.45) is 17.8 Å². The van der Waals surface area contributed by atoms with Crippen LogP contribution in [0.15, 0.2) is 0 Å². The molecule has 1 heterocycles. The third-order valence-electron chi connectivity index (χ3n) is 6.21. The van der Waals surface area contributed by atoms with Gasteiger partial charge in [0.1, 0.15) is 0 Å². The molecular weight excluding hydrogens is 258 g/mol. The van der Waals surface area contributed by atoms with E-state index in [4.69, 9.17) is 5.10 Å². The molecule has 0 saturated heterocycles. The van der Waals surface area contributed by atoms with E-state index in [-0.39, 0.29) is 0 Å². The second kappa shape index (κ2) is 5.42. The van der Waals surface area contributed by atoms with Crippen LogP contribution in [0, 0.1) is 31.6 Å². The summed E-state index contributed by atoms with van der Waals surface area (Å²) in [7, 11) is 0. The summed E-state index contributed by atoms with van der Waals surface area (Å²) in [5.41, 5.74) is 4.17. The molecule has 1 N–H and O–H groups in total. The van der Waals surface area contributed by atoms with Gasteiger partial charge in [-0.3, -0.25) is 4.68 Å². The Balaban J connectivity index is 1.40. The summed E-state index contributed by atoms with van der Waals surface area (Å²) in [6.07, 6.45) is 9.83. The average Bonchev–Trinajstić information content (AvgIpc) is 2.96. The molecule has 0 spiro atoms. The highest BCUT2D eigenvalue weighted by atomic mass is 15.3. The van der Waals surface area contributed by atoms with Crippen LogP contribution < -0.4 is 5.32 Å². The summed E-state index contributed by atoms with van der Waals surface area (Å²) in [5, 5.41) is 8.49. The average molecular weight is 287 g/mol. The maximum Gasteiger partial charge on any atom is 0.0628 e. The Morgan fingerprint density at radius 1 is 1.14 bits per heavy atom. The van der Waals surface area contributed by atoms with Gasteiger partial charge in [-0.2, -0.15) is 5.10 Å². The largest absolute Gasteiger partial charge is 0.314 e. The van der Waals surface area contributed by atoms with Crippen molar-refractivity contribution in [3.8, 4) is 0 Å². The zero-order chi connectivity index (χ0) is 14.4. The van der Waals surface area contributed by atoms with Gasteiger partial charge in [-0.1, -0.05) is 6.42 Å². The Morgan fingerprint density at radius 2 is 2.00 bits per heavy atom. The van der Waals surface area contributed by atoms with Gasteiger partial charge >= 0.3 is 0 Å². The Kier molecular flexibility index (Phi) is 3.56. The third kappa shape index (κ3) is 2.77. The summed E-state index contributed by atoms with van der Waals surface area (Å²) in [4.78, 5) is 0. The van der Waals surface area contributed by atoms with Crippen LogP contribution in [0.2, 0.25) is 0 Å². The van der Waals surface area contributed by atoms with E-state index >= 15 is 0 Å². The van der Waals surface area contributed by atoms with E-state index in [0.717, 1.165) is 36.8 Å². The van der Waals surface area contributed by atoms with Gasteiger partial charge in [0, 0.05) is 18.3 Å². The summed E-state index contributed by atoms with van der Waals surface area (Å²) in [6.45, 7) is 6.76. The fourth-order valence-corrected chi connectivity index (χ4v) is 4.78. The third-order valence-corrected chi connectivity index (χ3v) is 6.21. The van der Waals surface area contributed by atoms with Gasteiger partial charge in [0.05, 0.1) is 5.69 Å². The lowest BCUT2D eigenvalue weighted by atomic mass is 9.89. The van der Waals surface area contributed by atoms with Gasteiger partial charge in [-0.25, -0.2) is 0 Å². The van der Waals surface area contributed by atoms with Crippen LogP contribution in [0.5, 0.6) is 0 Å². The number of nitrogens with zero attached hydrogens (tertiary/aromatic N) is 2. The predicted octanol–water partition coefficient (Wildman–Crippen LogP) is 3.23. The first-order chi connectivity index (χ1) is 10.2. The lowest BCUT2D eigenvalue weighted by Crippen LogP contribution is -2.20. The molecule has 3 nitrogen and oxygen atoms in total. The molecule has 3 unspecified atom stereocenters. The molecule has 1 aromatic heterocycles.